The van der Waals surface area contributed by atoms with Crippen LogP contribution < -0.4 is 11.5 Å². The predicted molar refractivity (Wildman–Crippen MR) is 41.2 cm³/mol. The van der Waals surface area contributed by atoms with Crippen LogP contribution in [0.15, 0.2) is 0 Å². The van der Waals surface area contributed by atoms with Gasteiger partial charge in [-0.05, 0) is 12.8 Å². The molecule has 56 valence electrons. The molecule has 0 fully saturated rings. The first-order valence-corrected chi connectivity index (χ1v) is 2.92. The quantitative estimate of drug-likeness (QED) is 0.481. The molecule has 0 aliphatic carbocycles. The first kappa shape index (κ1) is 7.28. The van der Waals surface area contributed by atoms with E-state index in [1.807, 2.05) is 0 Å². The molecule has 0 atom stereocenters. The molecule has 0 saturated heterocycles. The second kappa shape index (κ2) is 2.84. The molecule has 0 amide bonds. The summed E-state index contributed by atoms with van der Waals surface area (Å²) in [6.07, 6.45) is 0. The van der Waals surface area contributed by atoms with Crippen LogP contribution >= 0.6 is 0 Å². The molecule has 1 heterocycles. The monoisotopic (exact) mass is 149 g/mol. The number of nitrogens with zero attached hydrogens (tertiary/aromatic N) is 3. The van der Waals surface area contributed by atoms with Gasteiger partial charge in [0.1, 0.15) is 0 Å². The van der Waals surface area contributed by atoms with E-state index in [-0.39, 0.29) is 11.9 Å². The molecular formula is C6H7N5. The molecule has 0 saturated carbocycles. The lowest BCUT2D eigenvalue weighted by Gasteiger charge is -1.93. The van der Waals surface area contributed by atoms with Crippen LogP contribution in [0.1, 0.15) is 12.7 Å². The normalized spacial score (nSPS) is 8.45. The minimum atomic E-state index is 0.0928. The average molecular weight is 149 g/mol. The number of rotatable bonds is 0. The van der Waals surface area contributed by atoms with Crippen LogP contribution in [0.2, 0.25) is 0 Å². The fraction of sp³-hybridized carbons (Fsp3) is 0.167. The van der Waals surface area contributed by atoms with E-state index >= 15 is 0 Å². The van der Waals surface area contributed by atoms with E-state index in [4.69, 9.17) is 11.5 Å². The van der Waals surface area contributed by atoms with E-state index < -0.39 is 0 Å². The summed E-state index contributed by atoms with van der Waals surface area (Å²) in [7, 11) is 0. The Kier molecular flexibility index (Phi) is 1.88. The Morgan fingerprint density at radius 2 is 1.64 bits per heavy atom. The molecule has 0 radical (unpaired) electrons. The van der Waals surface area contributed by atoms with Crippen LogP contribution in [0, 0.1) is 11.8 Å². The van der Waals surface area contributed by atoms with Gasteiger partial charge in [0.05, 0.1) is 0 Å². The number of anilines is 2. The van der Waals surface area contributed by atoms with Crippen molar-refractivity contribution in [3.8, 4) is 11.8 Å². The van der Waals surface area contributed by atoms with Crippen LogP contribution in [0.25, 0.3) is 0 Å². The molecule has 5 nitrogen and oxygen atoms in total. The van der Waals surface area contributed by atoms with Crippen molar-refractivity contribution in [2.45, 2.75) is 6.92 Å². The highest BCUT2D eigenvalue weighted by Crippen LogP contribution is 1.95. The molecule has 0 aliphatic rings. The Morgan fingerprint density at radius 3 is 2.09 bits per heavy atom. The van der Waals surface area contributed by atoms with Crippen molar-refractivity contribution in [2.75, 3.05) is 11.5 Å². The Balaban J connectivity index is 3.15. The third-order valence-corrected chi connectivity index (χ3v) is 0.907. The van der Waals surface area contributed by atoms with Gasteiger partial charge in [0.15, 0.2) is 0 Å². The fourth-order valence-electron chi connectivity index (χ4n) is 0.577. The van der Waals surface area contributed by atoms with E-state index in [1.165, 1.54) is 0 Å². The molecule has 0 unspecified atom stereocenters. The minimum absolute atomic E-state index is 0.0928. The molecule has 0 spiro atoms. The zero-order valence-corrected chi connectivity index (χ0v) is 6.00. The molecule has 0 bridgehead atoms. The highest BCUT2D eigenvalue weighted by atomic mass is 15.1. The third-order valence-electron chi connectivity index (χ3n) is 0.907. The summed E-state index contributed by atoms with van der Waals surface area (Å²) in [6.45, 7) is 1.68. The molecule has 1 rings (SSSR count). The molecule has 0 aromatic carbocycles. The maximum atomic E-state index is 5.28. The molecular weight excluding hydrogens is 142 g/mol. The number of hydrogen-bond acceptors (Lipinski definition) is 5. The Bertz CT molecular complexity index is 301. The smallest absolute Gasteiger partial charge is 0.225 e. The summed E-state index contributed by atoms with van der Waals surface area (Å²) in [5.41, 5.74) is 10.6. The van der Waals surface area contributed by atoms with Crippen LogP contribution in [0.5, 0.6) is 0 Å². The van der Waals surface area contributed by atoms with Crippen molar-refractivity contribution in [1.82, 2.24) is 15.0 Å². The standard InChI is InChI=1S/C6H7N5/c1-2-3-4-9-5(7)11-6(8)10-4/h1H3,(H4,7,8,9,10,11). The molecule has 4 N–H and O–H groups in total. The van der Waals surface area contributed by atoms with Gasteiger partial charge in [-0.25, -0.2) is 0 Å². The molecule has 1 aromatic rings. The summed E-state index contributed by atoms with van der Waals surface area (Å²) < 4.78 is 0. The third kappa shape index (κ3) is 1.79. The van der Waals surface area contributed by atoms with Gasteiger partial charge >= 0.3 is 0 Å². The lowest BCUT2D eigenvalue weighted by molar-refractivity contribution is 1.05. The fourth-order valence-corrected chi connectivity index (χ4v) is 0.577. The SMILES string of the molecule is CC#Cc1nc(N)nc(N)n1. The molecule has 1 aromatic heterocycles. The summed E-state index contributed by atoms with van der Waals surface area (Å²) >= 11 is 0. The number of nitrogens with two attached hydrogens (primary N) is 2. The van der Waals surface area contributed by atoms with Crippen LogP contribution in [-0.2, 0) is 0 Å². The van der Waals surface area contributed by atoms with Crippen molar-refractivity contribution < 1.29 is 0 Å². The van der Waals surface area contributed by atoms with E-state index in [1.54, 1.807) is 6.92 Å². The number of hydrogen-bond donors (Lipinski definition) is 2. The topological polar surface area (TPSA) is 90.7 Å². The van der Waals surface area contributed by atoms with Crippen molar-refractivity contribution >= 4 is 11.9 Å². The maximum Gasteiger partial charge on any atom is 0.225 e. The van der Waals surface area contributed by atoms with Gasteiger partial charge in [0.2, 0.25) is 17.7 Å². The maximum absolute atomic E-state index is 5.28. The van der Waals surface area contributed by atoms with Crippen LogP contribution in [0.3, 0.4) is 0 Å². The summed E-state index contributed by atoms with van der Waals surface area (Å²) in [6, 6.07) is 0. The summed E-state index contributed by atoms with van der Waals surface area (Å²) in [5, 5.41) is 0. The molecule has 5 heteroatoms. The largest absolute Gasteiger partial charge is 0.368 e. The van der Waals surface area contributed by atoms with Crippen molar-refractivity contribution in [2.24, 2.45) is 0 Å². The molecule has 11 heavy (non-hydrogen) atoms. The van der Waals surface area contributed by atoms with Gasteiger partial charge in [-0.3, -0.25) is 0 Å². The van der Waals surface area contributed by atoms with Crippen LogP contribution in [-0.4, -0.2) is 15.0 Å². The first-order valence-electron chi connectivity index (χ1n) is 2.92. The van der Waals surface area contributed by atoms with Crippen molar-refractivity contribution in [1.29, 1.82) is 0 Å². The number of nitrogen functional groups attached to an aromatic ring is 2. The highest BCUT2D eigenvalue weighted by Gasteiger charge is 1.96. The zero-order chi connectivity index (χ0) is 8.27. The predicted octanol–water partition coefficient (Wildman–Crippen LogP) is -0.593. The van der Waals surface area contributed by atoms with Gasteiger partial charge in [-0.2, -0.15) is 15.0 Å². The summed E-state index contributed by atoms with van der Waals surface area (Å²) in [5.74, 6) is 5.73. The van der Waals surface area contributed by atoms with Crippen molar-refractivity contribution in [3.63, 3.8) is 0 Å². The average Bonchev–Trinajstić information content (AvgIpc) is 1.85. The number of aromatic nitrogens is 3. The lowest BCUT2D eigenvalue weighted by atomic mass is 10.5. The van der Waals surface area contributed by atoms with E-state index in [2.05, 4.69) is 26.8 Å². The van der Waals surface area contributed by atoms with E-state index in [0.717, 1.165) is 0 Å². The van der Waals surface area contributed by atoms with Gasteiger partial charge in [-0.1, -0.05) is 5.92 Å². The van der Waals surface area contributed by atoms with Gasteiger partial charge in [0, 0.05) is 0 Å². The Hall–Kier alpha value is -1.83. The van der Waals surface area contributed by atoms with E-state index in [0.29, 0.717) is 5.82 Å². The van der Waals surface area contributed by atoms with Gasteiger partial charge in [-0.15, -0.1) is 0 Å². The Morgan fingerprint density at radius 1 is 1.09 bits per heavy atom. The minimum Gasteiger partial charge on any atom is -0.368 e. The van der Waals surface area contributed by atoms with Gasteiger partial charge in [0.25, 0.3) is 0 Å². The van der Waals surface area contributed by atoms with Crippen molar-refractivity contribution in [3.05, 3.63) is 5.82 Å². The zero-order valence-electron chi connectivity index (χ0n) is 6.00. The first-order chi connectivity index (χ1) is 5.22. The second-order valence-electron chi connectivity index (χ2n) is 1.75. The van der Waals surface area contributed by atoms with Gasteiger partial charge < -0.3 is 11.5 Å². The van der Waals surface area contributed by atoms with E-state index in [9.17, 15) is 0 Å². The molecule has 0 aliphatic heterocycles. The van der Waals surface area contributed by atoms with Crippen LogP contribution in [0.4, 0.5) is 11.9 Å². The summed E-state index contributed by atoms with van der Waals surface area (Å²) in [4.78, 5) is 11.0. The Labute approximate surface area is 63.9 Å². The lowest BCUT2D eigenvalue weighted by Crippen LogP contribution is -2.04. The highest BCUT2D eigenvalue weighted by molar-refractivity contribution is 5.32. The second-order valence-corrected chi connectivity index (χ2v) is 1.75.